The van der Waals surface area contributed by atoms with Gasteiger partial charge in [0.25, 0.3) is 5.91 Å². The van der Waals surface area contributed by atoms with Crippen LogP contribution in [0.4, 0.5) is 0 Å². The van der Waals surface area contributed by atoms with Crippen molar-refractivity contribution in [3.05, 3.63) is 54.2 Å². The summed E-state index contributed by atoms with van der Waals surface area (Å²) in [6.45, 7) is 0.491. The first-order chi connectivity index (χ1) is 7.77. The minimum Gasteiger partial charge on any atom is -0.472 e. The molecule has 2 heterocycles. The van der Waals surface area contributed by atoms with E-state index in [4.69, 9.17) is 4.42 Å². The third kappa shape index (κ3) is 2.28. The molecule has 0 bridgehead atoms. The highest BCUT2D eigenvalue weighted by molar-refractivity contribution is 5.93. The maximum atomic E-state index is 11.8. The first kappa shape index (κ1) is 10.4. The van der Waals surface area contributed by atoms with Gasteiger partial charge in [-0.25, -0.2) is 0 Å². The van der Waals surface area contributed by atoms with Crippen LogP contribution in [0.5, 0.6) is 0 Å². The van der Waals surface area contributed by atoms with Crippen molar-refractivity contribution in [3.8, 4) is 0 Å². The smallest absolute Gasteiger partial charge is 0.257 e. The second-order valence-electron chi connectivity index (χ2n) is 3.49. The van der Waals surface area contributed by atoms with Crippen molar-refractivity contribution in [3.63, 3.8) is 0 Å². The van der Waals surface area contributed by atoms with Crippen LogP contribution in [0, 0.1) is 0 Å². The highest BCUT2D eigenvalue weighted by Crippen LogP contribution is 2.06. The molecular weight excluding hydrogens is 204 g/mol. The monoisotopic (exact) mass is 216 g/mol. The number of rotatable bonds is 3. The third-order valence-electron chi connectivity index (χ3n) is 2.24. The molecule has 0 aliphatic carbocycles. The van der Waals surface area contributed by atoms with Gasteiger partial charge in [-0.1, -0.05) is 6.07 Å². The summed E-state index contributed by atoms with van der Waals surface area (Å²) >= 11 is 0. The maximum absolute atomic E-state index is 11.8. The van der Waals surface area contributed by atoms with Crippen LogP contribution < -0.4 is 0 Å². The molecule has 2 rings (SSSR count). The fourth-order valence-electron chi connectivity index (χ4n) is 1.41. The summed E-state index contributed by atoms with van der Waals surface area (Å²) in [6.07, 6.45) is 4.64. The fourth-order valence-corrected chi connectivity index (χ4v) is 1.41. The summed E-state index contributed by atoms with van der Waals surface area (Å²) < 4.78 is 4.87. The van der Waals surface area contributed by atoms with E-state index >= 15 is 0 Å². The zero-order chi connectivity index (χ0) is 11.4. The van der Waals surface area contributed by atoms with Gasteiger partial charge in [-0.2, -0.15) is 0 Å². The molecule has 0 saturated heterocycles. The molecule has 4 nitrogen and oxygen atoms in total. The van der Waals surface area contributed by atoms with E-state index in [1.165, 1.54) is 12.5 Å². The molecule has 0 radical (unpaired) electrons. The minimum absolute atomic E-state index is 0.0700. The molecule has 1 amide bonds. The number of furan rings is 1. The molecule has 0 aliphatic rings. The average molecular weight is 216 g/mol. The Morgan fingerprint density at radius 2 is 2.31 bits per heavy atom. The molecule has 16 heavy (non-hydrogen) atoms. The van der Waals surface area contributed by atoms with E-state index in [0.717, 1.165) is 5.69 Å². The van der Waals surface area contributed by atoms with E-state index in [1.54, 1.807) is 24.2 Å². The van der Waals surface area contributed by atoms with Crippen LogP contribution in [0.1, 0.15) is 16.1 Å². The molecule has 2 aromatic heterocycles. The van der Waals surface area contributed by atoms with Crippen molar-refractivity contribution < 1.29 is 9.21 Å². The Hall–Kier alpha value is -2.10. The van der Waals surface area contributed by atoms with E-state index in [1.807, 2.05) is 18.2 Å². The first-order valence-electron chi connectivity index (χ1n) is 4.95. The number of amides is 1. The van der Waals surface area contributed by atoms with Gasteiger partial charge in [0.05, 0.1) is 24.1 Å². The van der Waals surface area contributed by atoms with E-state index in [0.29, 0.717) is 12.1 Å². The van der Waals surface area contributed by atoms with Crippen molar-refractivity contribution in [1.82, 2.24) is 9.88 Å². The van der Waals surface area contributed by atoms with Gasteiger partial charge in [0, 0.05) is 13.2 Å². The molecule has 0 unspecified atom stereocenters. The predicted molar refractivity (Wildman–Crippen MR) is 58.7 cm³/mol. The van der Waals surface area contributed by atoms with Crippen molar-refractivity contribution in [2.45, 2.75) is 6.54 Å². The molecule has 2 aromatic rings. The van der Waals surface area contributed by atoms with Crippen LogP contribution in [-0.4, -0.2) is 22.8 Å². The lowest BCUT2D eigenvalue weighted by atomic mass is 10.3. The maximum Gasteiger partial charge on any atom is 0.257 e. The lowest BCUT2D eigenvalue weighted by Crippen LogP contribution is -2.26. The van der Waals surface area contributed by atoms with Gasteiger partial charge in [-0.3, -0.25) is 9.78 Å². The van der Waals surface area contributed by atoms with Gasteiger partial charge in [0.15, 0.2) is 0 Å². The topological polar surface area (TPSA) is 46.3 Å². The molecular formula is C12H12N2O2. The van der Waals surface area contributed by atoms with E-state index in [9.17, 15) is 4.79 Å². The van der Waals surface area contributed by atoms with Crippen molar-refractivity contribution in [2.24, 2.45) is 0 Å². The predicted octanol–water partition coefficient (Wildman–Crippen LogP) is 1.95. The zero-order valence-corrected chi connectivity index (χ0v) is 8.96. The van der Waals surface area contributed by atoms with Crippen LogP contribution in [-0.2, 0) is 6.54 Å². The molecule has 0 fully saturated rings. The second-order valence-corrected chi connectivity index (χ2v) is 3.49. The lowest BCUT2D eigenvalue weighted by Gasteiger charge is -2.15. The Bertz CT molecular complexity index is 451. The van der Waals surface area contributed by atoms with Crippen LogP contribution in [0.25, 0.3) is 0 Å². The first-order valence-corrected chi connectivity index (χ1v) is 4.95. The van der Waals surface area contributed by atoms with Gasteiger partial charge >= 0.3 is 0 Å². The number of carbonyl (C=O) groups excluding carboxylic acids is 1. The van der Waals surface area contributed by atoms with Crippen LogP contribution in [0.15, 0.2) is 47.4 Å². The van der Waals surface area contributed by atoms with Gasteiger partial charge in [0.2, 0.25) is 0 Å². The number of hydrogen-bond donors (Lipinski definition) is 0. The Morgan fingerprint density at radius 3 is 2.94 bits per heavy atom. The van der Waals surface area contributed by atoms with E-state index in [-0.39, 0.29) is 5.91 Å². The Labute approximate surface area is 93.5 Å². The molecule has 0 aliphatic heterocycles. The van der Waals surface area contributed by atoms with Gasteiger partial charge in [0.1, 0.15) is 6.26 Å². The standard InChI is InChI=1S/C12H12N2O2/c1-14(8-11-4-2-3-6-13-11)12(15)10-5-7-16-9-10/h2-7,9H,8H2,1H3. The van der Waals surface area contributed by atoms with Crippen molar-refractivity contribution in [2.75, 3.05) is 7.05 Å². The minimum atomic E-state index is -0.0700. The third-order valence-corrected chi connectivity index (χ3v) is 2.24. The largest absolute Gasteiger partial charge is 0.472 e. The number of carbonyl (C=O) groups is 1. The van der Waals surface area contributed by atoms with Crippen LogP contribution in [0.3, 0.4) is 0 Å². The lowest BCUT2D eigenvalue weighted by molar-refractivity contribution is 0.0782. The Balaban J connectivity index is 2.04. The summed E-state index contributed by atoms with van der Waals surface area (Å²) in [4.78, 5) is 17.6. The number of nitrogens with zero attached hydrogens (tertiary/aromatic N) is 2. The van der Waals surface area contributed by atoms with Gasteiger partial charge < -0.3 is 9.32 Å². The summed E-state index contributed by atoms with van der Waals surface area (Å²) in [7, 11) is 1.74. The normalized spacial score (nSPS) is 10.1. The Morgan fingerprint density at radius 1 is 1.44 bits per heavy atom. The van der Waals surface area contributed by atoms with Crippen LogP contribution >= 0.6 is 0 Å². The molecule has 0 aromatic carbocycles. The highest BCUT2D eigenvalue weighted by Gasteiger charge is 2.12. The van der Waals surface area contributed by atoms with Crippen molar-refractivity contribution in [1.29, 1.82) is 0 Å². The zero-order valence-electron chi connectivity index (χ0n) is 8.96. The molecule has 0 saturated carbocycles. The molecule has 4 heteroatoms. The van der Waals surface area contributed by atoms with Crippen LogP contribution in [0.2, 0.25) is 0 Å². The van der Waals surface area contributed by atoms with Gasteiger partial charge in [-0.05, 0) is 18.2 Å². The number of pyridine rings is 1. The number of hydrogen-bond acceptors (Lipinski definition) is 3. The quantitative estimate of drug-likeness (QED) is 0.787. The SMILES string of the molecule is CN(Cc1ccccn1)C(=O)c1ccoc1. The summed E-state index contributed by atoms with van der Waals surface area (Å²) in [5.74, 6) is -0.0700. The second kappa shape index (κ2) is 4.61. The molecule has 0 N–H and O–H groups in total. The molecule has 0 spiro atoms. The van der Waals surface area contributed by atoms with Gasteiger partial charge in [-0.15, -0.1) is 0 Å². The summed E-state index contributed by atoms with van der Waals surface area (Å²) in [5, 5.41) is 0. The molecule has 82 valence electrons. The highest BCUT2D eigenvalue weighted by atomic mass is 16.3. The van der Waals surface area contributed by atoms with E-state index < -0.39 is 0 Å². The van der Waals surface area contributed by atoms with E-state index in [2.05, 4.69) is 4.98 Å². The average Bonchev–Trinajstić information content (AvgIpc) is 2.83. The number of aromatic nitrogens is 1. The summed E-state index contributed by atoms with van der Waals surface area (Å²) in [6, 6.07) is 7.29. The summed E-state index contributed by atoms with van der Waals surface area (Å²) in [5.41, 5.74) is 1.42. The van der Waals surface area contributed by atoms with Crippen molar-refractivity contribution >= 4 is 5.91 Å². The Kier molecular flexibility index (Phi) is 3.00. The molecule has 0 atom stereocenters. The fraction of sp³-hybridized carbons (Fsp3) is 0.167.